The van der Waals surface area contributed by atoms with Crippen LogP contribution in [0.1, 0.15) is 18.9 Å². The molecule has 2 heterocycles. The predicted molar refractivity (Wildman–Crippen MR) is 89.3 cm³/mol. The second-order valence-corrected chi connectivity index (χ2v) is 6.88. The molecule has 10 heteroatoms. The molecule has 1 saturated heterocycles. The molecule has 1 amide bonds. The summed E-state index contributed by atoms with van der Waals surface area (Å²) in [6.45, 7) is 1.98. The zero-order chi connectivity index (χ0) is 18.2. The summed E-state index contributed by atoms with van der Waals surface area (Å²) in [5.41, 5.74) is -1.36. The van der Waals surface area contributed by atoms with Gasteiger partial charge in [0, 0.05) is 29.4 Å². The highest BCUT2D eigenvalue weighted by atomic mass is 32.2. The molecule has 0 bridgehead atoms. The predicted octanol–water partition coefficient (Wildman–Crippen LogP) is 2.72. The second kappa shape index (κ2) is 6.60. The lowest BCUT2D eigenvalue weighted by Crippen LogP contribution is -2.44. The molecule has 134 valence electrons. The zero-order valence-corrected chi connectivity index (χ0v) is 14.1. The smallest absolute Gasteiger partial charge is 0.410 e. The van der Waals surface area contributed by atoms with E-state index in [-0.39, 0.29) is 35.0 Å². The van der Waals surface area contributed by atoms with Gasteiger partial charge in [0.05, 0.1) is 17.6 Å². The fourth-order valence-electron chi connectivity index (χ4n) is 3.36. The van der Waals surface area contributed by atoms with Crippen molar-refractivity contribution in [2.75, 3.05) is 12.4 Å². The monoisotopic (exact) mass is 369 g/mol. The molecular formula is C15H16FN3O5S. The first kappa shape index (κ1) is 17.6. The van der Waals surface area contributed by atoms with E-state index in [0.29, 0.717) is 12.2 Å². The summed E-state index contributed by atoms with van der Waals surface area (Å²) in [7, 11) is 0. The van der Waals surface area contributed by atoms with Gasteiger partial charge in [-0.2, -0.15) is 0 Å². The number of nitro benzene ring substituents is 1. The van der Waals surface area contributed by atoms with Crippen molar-refractivity contribution in [2.24, 2.45) is 10.9 Å². The highest BCUT2D eigenvalue weighted by molar-refractivity contribution is 8.13. The van der Waals surface area contributed by atoms with Crippen LogP contribution in [0.25, 0.3) is 0 Å². The highest BCUT2D eigenvalue weighted by Gasteiger charge is 2.54. The number of ether oxygens (including phenoxy) is 1. The van der Waals surface area contributed by atoms with Crippen molar-refractivity contribution in [1.29, 1.82) is 0 Å². The molecular weight excluding hydrogens is 353 g/mol. The van der Waals surface area contributed by atoms with Crippen molar-refractivity contribution < 1.29 is 24.0 Å². The number of fused-ring (bicyclic) bond motifs is 1. The van der Waals surface area contributed by atoms with Crippen molar-refractivity contribution in [3.8, 4) is 0 Å². The van der Waals surface area contributed by atoms with E-state index < -0.39 is 22.4 Å². The molecule has 0 aromatic heterocycles. The van der Waals surface area contributed by atoms with Gasteiger partial charge in [-0.05, 0) is 12.5 Å². The Balaban J connectivity index is 2.14. The lowest BCUT2D eigenvalue weighted by molar-refractivity contribution is -0.385. The summed E-state index contributed by atoms with van der Waals surface area (Å²) < 4.78 is 20.4. The number of amidine groups is 1. The number of rotatable bonds is 3. The van der Waals surface area contributed by atoms with Gasteiger partial charge < -0.3 is 9.84 Å². The van der Waals surface area contributed by atoms with Crippen LogP contribution in [0, 0.1) is 21.8 Å². The van der Waals surface area contributed by atoms with Gasteiger partial charge in [-0.3, -0.25) is 15.4 Å². The molecule has 0 aliphatic carbocycles. The SMILES string of the molecule is CCC1OCC2(c3cc([N+](=O)[O-])ccc3F)N=C(NC(=O)O)SCC12. The molecule has 2 N–H and O–H groups in total. The average Bonchev–Trinajstić information content (AvgIpc) is 2.93. The van der Waals surface area contributed by atoms with Crippen LogP contribution in [-0.2, 0) is 10.3 Å². The summed E-state index contributed by atoms with van der Waals surface area (Å²) in [5, 5.41) is 22.4. The molecule has 3 atom stereocenters. The van der Waals surface area contributed by atoms with Crippen LogP contribution in [0.5, 0.6) is 0 Å². The van der Waals surface area contributed by atoms with Gasteiger partial charge >= 0.3 is 6.09 Å². The molecule has 0 spiro atoms. The summed E-state index contributed by atoms with van der Waals surface area (Å²) in [5.74, 6) is -0.362. The second-order valence-electron chi connectivity index (χ2n) is 5.87. The maximum atomic E-state index is 14.6. The molecule has 0 saturated carbocycles. The lowest BCUT2D eigenvalue weighted by Gasteiger charge is -2.36. The molecule has 0 radical (unpaired) electrons. The van der Waals surface area contributed by atoms with E-state index in [1.165, 1.54) is 17.8 Å². The number of nitrogens with one attached hydrogen (secondary N) is 1. The number of nitrogens with zero attached hydrogens (tertiary/aromatic N) is 2. The van der Waals surface area contributed by atoms with Crippen molar-refractivity contribution in [3.63, 3.8) is 0 Å². The Labute approximate surface area is 146 Å². The van der Waals surface area contributed by atoms with Gasteiger partial charge in [-0.1, -0.05) is 18.7 Å². The number of hydrogen-bond donors (Lipinski definition) is 2. The van der Waals surface area contributed by atoms with E-state index in [1.54, 1.807) is 0 Å². The molecule has 1 aromatic carbocycles. The molecule has 1 aromatic rings. The maximum Gasteiger partial charge on any atom is 0.410 e. The highest BCUT2D eigenvalue weighted by Crippen LogP contribution is 2.49. The number of aliphatic imine (C=N–C) groups is 1. The first-order chi connectivity index (χ1) is 11.9. The van der Waals surface area contributed by atoms with Gasteiger partial charge in [0.2, 0.25) is 0 Å². The van der Waals surface area contributed by atoms with E-state index in [4.69, 9.17) is 9.84 Å². The Morgan fingerprint density at radius 2 is 2.40 bits per heavy atom. The van der Waals surface area contributed by atoms with Gasteiger partial charge in [-0.15, -0.1) is 0 Å². The molecule has 3 unspecified atom stereocenters. The molecule has 2 aliphatic rings. The van der Waals surface area contributed by atoms with E-state index >= 15 is 0 Å². The maximum absolute atomic E-state index is 14.6. The fraction of sp³-hybridized carbons (Fsp3) is 0.467. The molecule has 1 fully saturated rings. The number of carbonyl (C=O) groups is 1. The van der Waals surface area contributed by atoms with Crippen molar-refractivity contribution in [1.82, 2.24) is 5.32 Å². The van der Waals surface area contributed by atoms with Crippen LogP contribution in [0.4, 0.5) is 14.9 Å². The number of thioether (sulfide) groups is 1. The Morgan fingerprint density at radius 3 is 3.04 bits per heavy atom. The van der Waals surface area contributed by atoms with Crippen LogP contribution >= 0.6 is 11.8 Å². The van der Waals surface area contributed by atoms with Crippen LogP contribution in [0.3, 0.4) is 0 Å². The van der Waals surface area contributed by atoms with Gasteiger partial charge in [-0.25, -0.2) is 14.2 Å². The van der Waals surface area contributed by atoms with Gasteiger partial charge in [0.1, 0.15) is 11.4 Å². The van der Waals surface area contributed by atoms with E-state index in [9.17, 15) is 19.3 Å². The van der Waals surface area contributed by atoms with Crippen LogP contribution in [0.2, 0.25) is 0 Å². The number of nitro groups is 1. The Bertz CT molecular complexity index is 759. The van der Waals surface area contributed by atoms with Crippen LogP contribution in [0.15, 0.2) is 23.2 Å². The number of non-ortho nitro benzene ring substituents is 1. The summed E-state index contributed by atoms with van der Waals surface area (Å²) in [6, 6.07) is 3.30. The van der Waals surface area contributed by atoms with E-state index in [2.05, 4.69) is 10.3 Å². The largest absolute Gasteiger partial charge is 0.465 e. The topological polar surface area (TPSA) is 114 Å². The number of hydrogen-bond acceptors (Lipinski definition) is 6. The van der Waals surface area contributed by atoms with Crippen molar-refractivity contribution >= 4 is 28.7 Å². The first-order valence-electron chi connectivity index (χ1n) is 7.66. The summed E-state index contributed by atoms with van der Waals surface area (Å²) in [4.78, 5) is 25.9. The first-order valence-corrected chi connectivity index (χ1v) is 8.64. The normalized spacial score (nSPS) is 28.2. The standard InChI is InChI=1S/C15H16FN3O5S/c1-2-12-10-6-25-13(17-14(20)21)18-15(10,7-24-12)9-5-8(19(22)23)3-4-11(9)16/h3-5,10,12H,2,6-7H2,1H3,(H,17,18)(H,20,21). The Hall–Kier alpha value is -2.20. The number of amides is 1. The minimum Gasteiger partial charge on any atom is -0.465 e. The molecule has 25 heavy (non-hydrogen) atoms. The third-order valence-corrected chi connectivity index (χ3v) is 5.52. The average molecular weight is 369 g/mol. The van der Waals surface area contributed by atoms with Gasteiger partial charge in [0.25, 0.3) is 5.69 Å². The molecule has 8 nitrogen and oxygen atoms in total. The third-order valence-electron chi connectivity index (χ3n) is 4.52. The van der Waals surface area contributed by atoms with E-state index in [1.807, 2.05) is 6.92 Å². The van der Waals surface area contributed by atoms with Crippen LogP contribution < -0.4 is 5.32 Å². The Morgan fingerprint density at radius 1 is 1.64 bits per heavy atom. The number of carboxylic acid groups (broad SMARTS) is 1. The van der Waals surface area contributed by atoms with E-state index in [0.717, 1.165) is 12.1 Å². The Kier molecular flexibility index (Phi) is 4.65. The molecule has 3 rings (SSSR count). The van der Waals surface area contributed by atoms with Crippen molar-refractivity contribution in [2.45, 2.75) is 25.0 Å². The fourth-order valence-corrected chi connectivity index (χ4v) is 4.58. The quantitative estimate of drug-likeness (QED) is 0.625. The zero-order valence-electron chi connectivity index (χ0n) is 13.3. The van der Waals surface area contributed by atoms with Crippen LogP contribution in [-0.4, -0.2) is 39.8 Å². The number of halogens is 1. The van der Waals surface area contributed by atoms with Crippen molar-refractivity contribution in [3.05, 3.63) is 39.7 Å². The lowest BCUT2D eigenvalue weighted by atomic mass is 9.78. The van der Waals surface area contributed by atoms with Gasteiger partial charge in [0.15, 0.2) is 5.17 Å². The third kappa shape index (κ3) is 3.07. The number of benzene rings is 1. The molecule has 2 aliphatic heterocycles. The minimum atomic E-state index is -1.27. The summed E-state index contributed by atoms with van der Waals surface area (Å²) in [6.07, 6.45) is -0.771. The summed E-state index contributed by atoms with van der Waals surface area (Å²) >= 11 is 1.22. The minimum absolute atomic E-state index is 0.0413.